The molecule has 6 nitrogen and oxygen atoms in total. The number of carbonyl (C=O) groups is 2. The fourth-order valence-corrected chi connectivity index (χ4v) is 1.58. The van der Waals surface area contributed by atoms with Gasteiger partial charge in [0.1, 0.15) is 5.75 Å². The highest BCUT2D eigenvalue weighted by Gasteiger charge is 2.47. The Bertz CT molecular complexity index is 707. The average molecular weight is 337 g/mol. The number of hydrogen-bond acceptors (Lipinski definition) is 5. The monoisotopic (exact) mass is 337 g/mol. The highest BCUT2D eigenvalue weighted by molar-refractivity contribution is 7.90. The van der Waals surface area contributed by atoms with Crippen molar-refractivity contribution in [1.29, 1.82) is 0 Å². The van der Waals surface area contributed by atoms with Crippen LogP contribution in [0.4, 0.5) is 13.2 Å². The molecule has 0 saturated heterocycles. The molecule has 1 N–H and O–H groups in total. The van der Waals surface area contributed by atoms with Crippen molar-refractivity contribution >= 4 is 21.9 Å². The van der Waals surface area contributed by atoms with Crippen molar-refractivity contribution in [2.24, 2.45) is 0 Å². The minimum atomic E-state index is -5.78. The number of rotatable bonds is 4. The second-order valence-corrected chi connectivity index (χ2v) is 5.75. The van der Waals surface area contributed by atoms with Crippen LogP contribution in [-0.4, -0.2) is 25.8 Å². The molecule has 0 aliphatic heterocycles. The summed E-state index contributed by atoms with van der Waals surface area (Å²) in [6.45, 7) is 4.76. The summed E-state index contributed by atoms with van der Waals surface area (Å²) >= 11 is 0. The molecule has 0 aromatic heterocycles. The molecular weight excluding hydrogens is 327 g/mol. The summed E-state index contributed by atoms with van der Waals surface area (Å²) in [5.41, 5.74) is -5.83. The predicted molar refractivity (Wildman–Crippen MR) is 69.3 cm³/mol. The Balaban J connectivity index is 2.85. The molecule has 0 bridgehead atoms. The summed E-state index contributed by atoms with van der Waals surface area (Å²) in [4.78, 5) is 22.7. The van der Waals surface area contributed by atoms with Gasteiger partial charge in [0, 0.05) is 11.1 Å². The molecule has 1 aromatic rings. The number of halogens is 3. The van der Waals surface area contributed by atoms with E-state index in [1.165, 1.54) is 6.92 Å². The Hall–Kier alpha value is -2.36. The number of nitrogens with one attached hydrogen (secondary N) is 1. The molecule has 0 atom stereocenters. The zero-order valence-corrected chi connectivity index (χ0v) is 11.9. The molecule has 0 unspecified atom stereocenters. The second kappa shape index (κ2) is 6.18. The normalized spacial score (nSPS) is 11.6. The van der Waals surface area contributed by atoms with Gasteiger partial charge in [-0.25, -0.2) is 9.52 Å². The summed E-state index contributed by atoms with van der Waals surface area (Å²) in [5, 5.41) is 0. The largest absolute Gasteiger partial charge is 0.516 e. The quantitative estimate of drug-likeness (QED) is 0.514. The van der Waals surface area contributed by atoms with E-state index < -0.39 is 27.4 Å². The van der Waals surface area contributed by atoms with Crippen LogP contribution in [0.5, 0.6) is 5.75 Å². The van der Waals surface area contributed by atoms with E-state index in [4.69, 9.17) is 4.74 Å². The van der Waals surface area contributed by atoms with Gasteiger partial charge in [0.15, 0.2) is 0 Å². The van der Waals surface area contributed by atoms with E-state index >= 15 is 0 Å². The first kappa shape index (κ1) is 17.7. The van der Waals surface area contributed by atoms with Crippen LogP contribution in [0.25, 0.3) is 0 Å². The van der Waals surface area contributed by atoms with Crippen LogP contribution in [0, 0.1) is 0 Å². The summed E-state index contributed by atoms with van der Waals surface area (Å²) < 4.78 is 63.6. The van der Waals surface area contributed by atoms with Crippen molar-refractivity contribution in [1.82, 2.24) is 4.72 Å². The maximum Gasteiger partial charge on any atom is 0.516 e. The third-order valence-corrected chi connectivity index (χ3v) is 3.27. The molecule has 0 spiro atoms. The number of carbonyl (C=O) groups excluding carboxylic acids is 2. The lowest BCUT2D eigenvalue weighted by Gasteiger charge is -2.09. The first-order chi connectivity index (χ1) is 9.94. The van der Waals surface area contributed by atoms with Gasteiger partial charge in [0.05, 0.1) is 0 Å². The zero-order valence-electron chi connectivity index (χ0n) is 11.1. The van der Waals surface area contributed by atoms with E-state index in [1.807, 2.05) is 0 Å². The van der Waals surface area contributed by atoms with E-state index in [2.05, 4.69) is 6.58 Å². The maximum absolute atomic E-state index is 12.1. The van der Waals surface area contributed by atoms with E-state index in [0.717, 1.165) is 29.0 Å². The van der Waals surface area contributed by atoms with Crippen LogP contribution in [0.15, 0.2) is 36.4 Å². The van der Waals surface area contributed by atoms with Crippen molar-refractivity contribution in [3.63, 3.8) is 0 Å². The molecule has 1 amide bonds. The van der Waals surface area contributed by atoms with Crippen molar-refractivity contribution < 1.29 is 35.9 Å². The van der Waals surface area contributed by atoms with Gasteiger partial charge in [0.2, 0.25) is 0 Å². The highest BCUT2D eigenvalue weighted by Crippen LogP contribution is 2.22. The lowest BCUT2D eigenvalue weighted by Crippen LogP contribution is -2.40. The average Bonchev–Trinajstić information content (AvgIpc) is 2.37. The topological polar surface area (TPSA) is 89.5 Å². The van der Waals surface area contributed by atoms with Gasteiger partial charge in [-0.05, 0) is 31.2 Å². The van der Waals surface area contributed by atoms with E-state index in [9.17, 15) is 31.2 Å². The summed E-state index contributed by atoms with van der Waals surface area (Å²) in [6, 6.07) is 4.25. The molecule has 0 heterocycles. The minimum Gasteiger partial charge on any atom is -0.423 e. The van der Waals surface area contributed by atoms with Crippen LogP contribution in [-0.2, 0) is 14.8 Å². The van der Waals surface area contributed by atoms with Gasteiger partial charge in [0.25, 0.3) is 5.91 Å². The number of amides is 1. The van der Waals surface area contributed by atoms with Gasteiger partial charge in [-0.2, -0.15) is 21.6 Å². The van der Waals surface area contributed by atoms with Crippen LogP contribution < -0.4 is 9.46 Å². The standard InChI is InChI=1S/C12H10F3NO5S/c1-7(2)11(18)21-9-5-3-8(4-6-9)10(17)16-22(19,20)12(13,14)15/h3-6H,1H2,2H3,(H,16,17). The molecule has 1 aromatic carbocycles. The van der Waals surface area contributed by atoms with Crippen LogP contribution in [0.3, 0.4) is 0 Å². The predicted octanol–water partition coefficient (Wildman–Crippen LogP) is 1.75. The van der Waals surface area contributed by atoms with Gasteiger partial charge in [-0.1, -0.05) is 6.58 Å². The molecule has 22 heavy (non-hydrogen) atoms. The fraction of sp³-hybridized carbons (Fsp3) is 0.167. The Kier molecular flexibility index (Phi) is 4.97. The number of benzene rings is 1. The number of alkyl halides is 3. The summed E-state index contributed by atoms with van der Waals surface area (Å²) in [7, 11) is -5.78. The molecule has 0 aliphatic rings. The molecule has 0 saturated carbocycles. The number of sulfonamides is 1. The van der Waals surface area contributed by atoms with Gasteiger partial charge in [-0.15, -0.1) is 0 Å². The van der Waals surface area contributed by atoms with Gasteiger partial charge >= 0.3 is 21.5 Å². The second-order valence-electron chi connectivity index (χ2n) is 4.07. The van der Waals surface area contributed by atoms with Crippen molar-refractivity contribution in [3.05, 3.63) is 42.0 Å². The first-order valence-corrected chi connectivity index (χ1v) is 7.03. The fourth-order valence-electron chi connectivity index (χ4n) is 1.11. The Morgan fingerprint density at radius 2 is 1.68 bits per heavy atom. The summed E-state index contributed by atoms with van der Waals surface area (Å²) in [6.07, 6.45) is 0. The minimum absolute atomic E-state index is 0.0169. The van der Waals surface area contributed by atoms with Crippen LogP contribution in [0.2, 0.25) is 0 Å². The van der Waals surface area contributed by atoms with Gasteiger partial charge < -0.3 is 4.74 Å². The molecule has 0 fully saturated rings. The lowest BCUT2D eigenvalue weighted by atomic mass is 10.2. The summed E-state index contributed by atoms with van der Waals surface area (Å²) in [5.74, 6) is -2.17. The zero-order chi connectivity index (χ0) is 17.1. The van der Waals surface area contributed by atoms with Crippen LogP contribution >= 0.6 is 0 Å². The van der Waals surface area contributed by atoms with Crippen molar-refractivity contribution in [2.75, 3.05) is 0 Å². The molecular formula is C12H10F3NO5S. The van der Waals surface area contributed by atoms with Crippen molar-refractivity contribution in [2.45, 2.75) is 12.4 Å². The molecule has 1 rings (SSSR count). The highest BCUT2D eigenvalue weighted by atomic mass is 32.2. The first-order valence-electron chi connectivity index (χ1n) is 5.55. The molecule has 10 heteroatoms. The lowest BCUT2D eigenvalue weighted by molar-refractivity contribution is -0.130. The maximum atomic E-state index is 12.1. The molecule has 0 radical (unpaired) electrons. The number of hydrogen-bond donors (Lipinski definition) is 1. The molecule has 0 aliphatic carbocycles. The Morgan fingerprint density at radius 1 is 1.18 bits per heavy atom. The van der Waals surface area contributed by atoms with E-state index in [0.29, 0.717) is 0 Å². The van der Waals surface area contributed by atoms with Crippen molar-refractivity contribution in [3.8, 4) is 5.75 Å². The van der Waals surface area contributed by atoms with Crippen LogP contribution in [0.1, 0.15) is 17.3 Å². The smallest absolute Gasteiger partial charge is 0.423 e. The number of esters is 1. The van der Waals surface area contributed by atoms with E-state index in [1.54, 1.807) is 0 Å². The van der Waals surface area contributed by atoms with E-state index in [-0.39, 0.29) is 16.9 Å². The van der Waals surface area contributed by atoms with Gasteiger partial charge in [-0.3, -0.25) is 4.79 Å². The number of ether oxygens (including phenoxy) is 1. The Morgan fingerprint density at radius 3 is 2.09 bits per heavy atom. The molecule has 120 valence electrons. The SMILES string of the molecule is C=C(C)C(=O)Oc1ccc(C(=O)NS(=O)(=O)C(F)(F)F)cc1. The Labute approximate surface area is 123 Å². The third-order valence-electron chi connectivity index (χ3n) is 2.21. The third kappa shape index (κ3) is 4.32.